The number of esters is 1. The van der Waals surface area contributed by atoms with Crippen molar-refractivity contribution in [1.82, 2.24) is 15.5 Å². The molecular weight excluding hydrogens is 385 g/mol. The molecule has 156 valence electrons. The van der Waals surface area contributed by atoms with E-state index < -0.39 is 18.0 Å². The number of hydrogen-bond donors (Lipinski definition) is 2. The highest BCUT2D eigenvalue weighted by atomic mass is 19.1. The quantitative estimate of drug-likeness (QED) is 0.745. The summed E-state index contributed by atoms with van der Waals surface area (Å²) in [4.78, 5) is 27.4. The Kier molecular flexibility index (Phi) is 5.81. The molecule has 0 fully saturated rings. The van der Waals surface area contributed by atoms with E-state index >= 15 is 0 Å². The van der Waals surface area contributed by atoms with Crippen LogP contribution >= 0.6 is 0 Å². The number of hydrogen-bond acceptors (Lipinski definition) is 4. The Balaban J connectivity index is 1.67. The molecule has 0 saturated heterocycles. The lowest BCUT2D eigenvalue weighted by Gasteiger charge is -2.34. The normalized spacial score (nSPS) is 19.0. The molecule has 0 saturated carbocycles. The molecule has 2 amide bonds. The molecule has 2 heterocycles. The Morgan fingerprint density at radius 1 is 1.17 bits per heavy atom. The Hall–Kier alpha value is -3.19. The molecule has 6 nitrogen and oxygen atoms in total. The van der Waals surface area contributed by atoms with Crippen LogP contribution in [-0.4, -0.2) is 36.6 Å². The van der Waals surface area contributed by atoms with Gasteiger partial charge in [-0.2, -0.15) is 0 Å². The summed E-state index contributed by atoms with van der Waals surface area (Å²) in [5.41, 5.74) is 4.06. The molecule has 1 atom stereocenters. The van der Waals surface area contributed by atoms with Crippen molar-refractivity contribution in [3.63, 3.8) is 0 Å². The van der Waals surface area contributed by atoms with Gasteiger partial charge in [-0.25, -0.2) is 14.0 Å². The lowest BCUT2D eigenvalue weighted by molar-refractivity contribution is -0.139. The van der Waals surface area contributed by atoms with E-state index in [1.165, 1.54) is 23.3 Å². The van der Waals surface area contributed by atoms with Gasteiger partial charge in [0.15, 0.2) is 0 Å². The fourth-order valence-electron chi connectivity index (χ4n) is 4.01. The number of nitrogens with one attached hydrogen (secondary N) is 2. The standard InChI is InChI=1S/C23H24FN3O3/c1-2-30-22(28)20-19(14-27-12-11-15-5-3-4-6-17(15)13-27)25-23(29)26-21(20)16-7-9-18(24)10-8-16/h3-10,21H,2,11-14H2,1H3,(H2,25,26,29)/t21-/m1/s1. The molecule has 0 unspecified atom stereocenters. The molecule has 0 radical (unpaired) electrons. The molecule has 0 bridgehead atoms. The molecule has 2 N–H and O–H groups in total. The van der Waals surface area contributed by atoms with Gasteiger partial charge in [-0.05, 0) is 42.2 Å². The van der Waals surface area contributed by atoms with E-state index in [-0.39, 0.29) is 12.4 Å². The second-order valence-corrected chi connectivity index (χ2v) is 7.43. The molecule has 2 aromatic rings. The minimum atomic E-state index is -0.703. The number of amides is 2. The largest absolute Gasteiger partial charge is 0.463 e. The number of carbonyl (C=O) groups excluding carboxylic acids is 2. The van der Waals surface area contributed by atoms with Crippen LogP contribution in [0, 0.1) is 5.82 Å². The van der Waals surface area contributed by atoms with Crippen LogP contribution in [0.1, 0.15) is 29.7 Å². The molecular formula is C23H24FN3O3. The summed E-state index contributed by atoms with van der Waals surface area (Å²) < 4.78 is 18.7. The van der Waals surface area contributed by atoms with E-state index in [1.54, 1.807) is 19.1 Å². The van der Waals surface area contributed by atoms with E-state index in [2.05, 4.69) is 27.7 Å². The first-order valence-corrected chi connectivity index (χ1v) is 10.1. The van der Waals surface area contributed by atoms with Crippen molar-refractivity contribution in [2.24, 2.45) is 0 Å². The second kappa shape index (κ2) is 8.67. The van der Waals surface area contributed by atoms with Crippen molar-refractivity contribution in [3.8, 4) is 0 Å². The van der Waals surface area contributed by atoms with Gasteiger partial charge in [0.25, 0.3) is 0 Å². The maximum Gasteiger partial charge on any atom is 0.338 e. The number of urea groups is 1. The number of fused-ring (bicyclic) bond motifs is 1. The molecule has 2 aliphatic heterocycles. The van der Waals surface area contributed by atoms with Crippen molar-refractivity contribution >= 4 is 12.0 Å². The van der Waals surface area contributed by atoms with Crippen LogP contribution in [0.2, 0.25) is 0 Å². The maximum atomic E-state index is 13.4. The van der Waals surface area contributed by atoms with Crippen molar-refractivity contribution in [3.05, 3.63) is 82.3 Å². The molecule has 0 aromatic heterocycles. The maximum absolute atomic E-state index is 13.4. The predicted molar refractivity (Wildman–Crippen MR) is 110 cm³/mol. The highest BCUT2D eigenvalue weighted by molar-refractivity contribution is 5.95. The first-order valence-electron chi connectivity index (χ1n) is 10.1. The lowest BCUT2D eigenvalue weighted by atomic mass is 9.94. The zero-order chi connectivity index (χ0) is 21.1. The third-order valence-electron chi connectivity index (χ3n) is 5.44. The first kappa shape index (κ1) is 20.1. The summed E-state index contributed by atoms with van der Waals surface area (Å²) in [6.07, 6.45) is 0.909. The molecule has 4 rings (SSSR count). The summed E-state index contributed by atoms with van der Waals surface area (Å²) in [6.45, 7) is 3.92. The number of carbonyl (C=O) groups is 2. The lowest BCUT2D eigenvalue weighted by Crippen LogP contribution is -2.49. The number of nitrogens with zero attached hydrogens (tertiary/aromatic N) is 1. The predicted octanol–water partition coefficient (Wildman–Crippen LogP) is 3.06. The van der Waals surface area contributed by atoms with Gasteiger partial charge >= 0.3 is 12.0 Å². The first-order chi connectivity index (χ1) is 14.5. The zero-order valence-corrected chi connectivity index (χ0v) is 16.8. The van der Waals surface area contributed by atoms with Crippen LogP contribution in [0.5, 0.6) is 0 Å². The average molecular weight is 409 g/mol. The summed E-state index contributed by atoms with van der Waals surface area (Å²) in [6, 6.07) is 13.0. The SMILES string of the molecule is CCOC(=O)C1=C(CN2CCc3ccccc3C2)NC(=O)N[C@@H]1c1ccc(F)cc1. The van der Waals surface area contributed by atoms with Gasteiger partial charge in [-0.3, -0.25) is 4.90 Å². The van der Waals surface area contributed by atoms with E-state index in [0.29, 0.717) is 23.4 Å². The Morgan fingerprint density at radius 3 is 2.63 bits per heavy atom. The van der Waals surface area contributed by atoms with Crippen molar-refractivity contribution in [1.29, 1.82) is 0 Å². The number of rotatable bonds is 5. The zero-order valence-electron chi connectivity index (χ0n) is 16.8. The number of benzene rings is 2. The number of ether oxygens (including phenoxy) is 1. The summed E-state index contributed by atoms with van der Waals surface area (Å²) in [7, 11) is 0. The smallest absolute Gasteiger partial charge is 0.338 e. The summed E-state index contributed by atoms with van der Waals surface area (Å²) in [5.74, 6) is -0.875. The van der Waals surface area contributed by atoms with Gasteiger partial charge in [-0.1, -0.05) is 36.4 Å². The Bertz CT molecular complexity index is 987. The van der Waals surface area contributed by atoms with E-state index in [4.69, 9.17) is 4.74 Å². The minimum Gasteiger partial charge on any atom is -0.463 e. The monoisotopic (exact) mass is 409 g/mol. The van der Waals surface area contributed by atoms with Crippen LogP contribution in [0.4, 0.5) is 9.18 Å². The van der Waals surface area contributed by atoms with E-state index in [9.17, 15) is 14.0 Å². The molecule has 0 aliphatic carbocycles. The van der Waals surface area contributed by atoms with Crippen molar-refractivity contribution < 1.29 is 18.7 Å². The summed E-state index contributed by atoms with van der Waals surface area (Å²) >= 11 is 0. The topological polar surface area (TPSA) is 70.7 Å². The number of halogens is 1. The van der Waals surface area contributed by atoms with Gasteiger partial charge in [-0.15, -0.1) is 0 Å². The molecule has 0 spiro atoms. The Labute approximate surface area is 174 Å². The molecule has 2 aromatic carbocycles. The van der Waals surface area contributed by atoms with Crippen LogP contribution in [0.15, 0.2) is 59.8 Å². The second-order valence-electron chi connectivity index (χ2n) is 7.43. The highest BCUT2D eigenvalue weighted by Crippen LogP contribution is 2.29. The fraction of sp³-hybridized carbons (Fsp3) is 0.304. The highest BCUT2D eigenvalue weighted by Gasteiger charge is 2.34. The average Bonchev–Trinajstić information content (AvgIpc) is 2.74. The van der Waals surface area contributed by atoms with Gasteiger partial charge in [0.05, 0.1) is 18.2 Å². The third-order valence-corrected chi connectivity index (χ3v) is 5.44. The minimum absolute atomic E-state index is 0.219. The van der Waals surface area contributed by atoms with Gasteiger partial charge < -0.3 is 15.4 Å². The fourth-order valence-corrected chi connectivity index (χ4v) is 4.01. The summed E-state index contributed by atoms with van der Waals surface area (Å²) in [5, 5.41) is 5.58. The van der Waals surface area contributed by atoms with Gasteiger partial charge in [0.1, 0.15) is 5.82 Å². The molecule has 7 heteroatoms. The molecule has 2 aliphatic rings. The van der Waals surface area contributed by atoms with Gasteiger partial charge in [0, 0.05) is 25.3 Å². The van der Waals surface area contributed by atoms with E-state index in [0.717, 1.165) is 19.5 Å². The van der Waals surface area contributed by atoms with E-state index in [1.807, 2.05) is 12.1 Å². The molecule has 30 heavy (non-hydrogen) atoms. The Morgan fingerprint density at radius 2 is 1.90 bits per heavy atom. The van der Waals surface area contributed by atoms with Crippen LogP contribution in [0.25, 0.3) is 0 Å². The van der Waals surface area contributed by atoms with Crippen molar-refractivity contribution in [2.45, 2.75) is 25.9 Å². The van der Waals surface area contributed by atoms with Crippen LogP contribution in [0.3, 0.4) is 0 Å². The van der Waals surface area contributed by atoms with Crippen LogP contribution in [-0.2, 0) is 22.5 Å². The van der Waals surface area contributed by atoms with Crippen LogP contribution < -0.4 is 10.6 Å². The third kappa shape index (κ3) is 4.21. The van der Waals surface area contributed by atoms with Gasteiger partial charge in [0.2, 0.25) is 0 Å². The van der Waals surface area contributed by atoms with Crippen molar-refractivity contribution in [2.75, 3.05) is 19.7 Å².